The number of fused-ring (bicyclic) bond motifs is 2. The molecule has 0 amide bonds. The molecule has 0 atom stereocenters. The van der Waals surface area contributed by atoms with Gasteiger partial charge in [-0.25, -0.2) is 9.97 Å². The molecule has 0 aliphatic rings. The van der Waals surface area contributed by atoms with Crippen molar-refractivity contribution in [2.45, 2.75) is 13.2 Å². The smallest absolute Gasteiger partial charge is 0.132 e. The van der Waals surface area contributed by atoms with Gasteiger partial charge in [0.15, 0.2) is 0 Å². The molecule has 6 heteroatoms. The van der Waals surface area contributed by atoms with E-state index in [1.54, 1.807) is 12.4 Å². The zero-order chi connectivity index (χ0) is 20.2. The number of hydrogen-bond acceptors (Lipinski definition) is 6. The summed E-state index contributed by atoms with van der Waals surface area (Å²) >= 11 is 0. The van der Waals surface area contributed by atoms with Crippen molar-refractivity contribution >= 4 is 22.1 Å². The molecule has 0 saturated heterocycles. The number of aromatic nitrogens is 4. The summed E-state index contributed by atoms with van der Waals surface area (Å²) in [5, 5.41) is 0. The monoisotopic (exact) mass is 394 g/mol. The summed E-state index contributed by atoms with van der Waals surface area (Å²) in [6, 6.07) is 23.1. The van der Waals surface area contributed by atoms with E-state index in [9.17, 15) is 0 Å². The number of rotatable bonds is 6. The van der Waals surface area contributed by atoms with Crippen LogP contribution in [-0.4, -0.2) is 19.9 Å². The van der Waals surface area contributed by atoms with Crippen LogP contribution >= 0.6 is 0 Å². The Labute approximate surface area is 173 Å². The van der Waals surface area contributed by atoms with E-state index in [1.165, 1.54) is 0 Å². The molecule has 0 aliphatic heterocycles. The Bertz CT molecular complexity index is 1220. The minimum atomic E-state index is 0.331. The minimum Gasteiger partial charge on any atom is -0.487 e. The first-order chi connectivity index (χ1) is 14.8. The highest BCUT2D eigenvalue weighted by molar-refractivity contribution is 5.74. The van der Waals surface area contributed by atoms with Crippen LogP contribution in [0.4, 0.5) is 0 Å². The second-order valence-corrected chi connectivity index (χ2v) is 6.75. The molecule has 0 radical (unpaired) electrons. The molecule has 146 valence electrons. The van der Waals surface area contributed by atoms with E-state index in [0.717, 1.165) is 33.5 Å². The Morgan fingerprint density at radius 2 is 1.00 bits per heavy atom. The van der Waals surface area contributed by atoms with Crippen molar-refractivity contribution in [3.05, 3.63) is 96.6 Å². The minimum absolute atomic E-state index is 0.331. The SMILES string of the molecule is c1cc(OCc2cnc3ccccc3n2)cc(OCc2cnc3ccccc3n2)c1. The standard InChI is InChI=1S/C24H18N4O2/c1-3-10-23-21(8-1)25-13-17(27-23)15-29-19-6-5-7-20(12-19)30-16-18-14-26-22-9-2-4-11-24(22)28-18/h1-14H,15-16H2. The van der Waals surface area contributed by atoms with E-state index in [0.29, 0.717) is 24.7 Å². The van der Waals surface area contributed by atoms with Crippen LogP contribution in [0, 0.1) is 0 Å². The summed E-state index contributed by atoms with van der Waals surface area (Å²) in [4.78, 5) is 18.0. The Kier molecular flexibility index (Phi) is 4.88. The van der Waals surface area contributed by atoms with Gasteiger partial charge in [-0.2, -0.15) is 0 Å². The summed E-state index contributed by atoms with van der Waals surface area (Å²) in [5.74, 6) is 1.40. The van der Waals surface area contributed by atoms with Gasteiger partial charge in [-0.15, -0.1) is 0 Å². The molecule has 3 aromatic carbocycles. The maximum atomic E-state index is 5.88. The van der Waals surface area contributed by atoms with Gasteiger partial charge >= 0.3 is 0 Å². The summed E-state index contributed by atoms with van der Waals surface area (Å²) in [5.41, 5.74) is 4.99. The number of nitrogens with zero attached hydrogens (tertiary/aromatic N) is 4. The van der Waals surface area contributed by atoms with Gasteiger partial charge in [-0.1, -0.05) is 30.3 Å². The molecule has 5 rings (SSSR count). The molecule has 0 fully saturated rings. The van der Waals surface area contributed by atoms with Crippen LogP contribution in [0.1, 0.15) is 11.4 Å². The van der Waals surface area contributed by atoms with Crippen molar-refractivity contribution in [3.8, 4) is 11.5 Å². The molecule has 0 N–H and O–H groups in total. The fourth-order valence-corrected chi connectivity index (χ4v) is 3.10. The molecular formula is C24H18N4O2. The maximum Gasteiger partial charge on any atom is 0.132 e. The van der Waals surface area contributed by atoms with E-state index in [4.69, 9.17) is 9.47 Å². The molecule has 0 bridgehead atoms. The van der Waals surface area contributed by atoms with E-state index >= 15 is 0 Å². The normalized spacial score (nSPS) is 10.9. The first-order valence-electron chi connectivity index (χ1n) is 9.60. The molecule has 0 aliphatic carbocycles. The predicted octanol–water partition coefficient (Wildman–Crippen LogP) is 4.73. The third-order valence-electron chi connectivity index (χ3n) is 4.58. The lowest BCUT2D eigenvalue weighted by Crippen LogP contribution is -2.01. The van der Waals surface area contributed by atoms with Gasteiger partial charge in [0.25, 0.3) is 0 Å². The molecule has 5 aromatic rings. The van der Waals surface area contributed by atoms with Crippen LogP contribution in [0.15, 0.2) is 85.2 Å². The summed E-state index contributed by atoms with van der Waals surface area (Å²) in [6.45, 7) is 0.662. The fraction of sp³-hybridized carbons (Fsp3) is 0.0833. The van der Waals surface area contributed by atoms with Gasteiger partial charge in [-0.3, -0.25) is 9.97 Å². The molecule has 2 aromatic heterocycles. The van der Waals surface area contributed by atoms with E-state index < -0.39 is 0 Å². The molecule has 0 saturated carbocycles. The van der Waals surface area contributed by atoms with Gasteiger partial charge in [-0.05, 0) is 36.4 Å². The Balaban J connectivity index is 1.24. The van der Waals surface area contributed by atoms with Crippen LogP contribution in [0.5, 0.6) is 11.5 Å². The number of para-hydroxylation sites is 4. The van der Waals surface area contributed by atoms with Crippen molar-refractivity contribution < 1.29 is 9.47 Å². The van der Waals surface area contributed by atoms with Gasteiger partial charge in [0.1, 0.15) is 24.7 Å². The van der Waals surface area contributed by atoms with Crippen LogP contribution in [0.25, 0.3) is 22.1 Å². The van der Waals surface area contributed by atoms with Crippen LogP contribution in [0.3, 0.4) is 0 Å². The number of ether oxygens (including phenoxy) is 2. The van der Waals surface area contributed by atoms with Crippen molar-refractivity contribution in [2.75, 3.05) is 0 Å². The van der Waals surface area contributed by atoms with Crippen molar-refractivity contribution in [3.63, 3.8) is 0 Å². The van der Waals surface area contributed by atoms with Crippen LogP contribution < -0.4 is 9.47 Å². The lowest BCUT2D eigenvalue weighted by atomic mass is 10.3. The number of hydrogen-bond donors (Lipinski definition) is 0. The lowest BCUT2D eigenvalue weighted by Gasteiger charge is -2.10. The van der Waals surface area contributed by atoms with Gasteiger partial charge in [0.05, 0.1) is 45.8 Å². The number of benzene rings is 3. The van der Waals surface area contributed by atoms with Gasteiger partial charge in [0.2, 0.25) is 0 Å². The first kappa shape index (κ1) is 18.0. The van der Waals surface area contributed by atoms with Crippen LogP contribution in [-0.2, 0) is 13.2 Å². The van der Waals surface area contributed by atoms with E-state index in [1.807, 2.05) is 72.8 Å². The molecule has 30 heavy (non-hydrogen) atoms. The fourth-order valence-electron chi connectivity index (χ4n) is 3.10. The van der Waals surface area contributed by atoms with Crippen molar-refractivity contribution in [2.24, 2.45) is 0 Å². The van der Waals surface area contributed by atoms with Gasteiger partial charge in [0, 0.05) is 6.07 Å². The highest BCUT2D eigenvalue weighted by atomic mass is 16.5. The average molecular weight is 394 g/mol. The summed E-state index contributed by atoms with van der Waals surface area (Å²) in [6.07, 6.45) is 3.47. The van der Waals surface area contributed by atoms with Gasteiger partial charge < -0.3 is 9.47 Å². The second kappa shape index (κ2) is 8.13. The molecule has 0 spiro atoms. The van der Waals surface area contributed by atoms with E-state index in [2.05, 4.69) is 19.9 Å². The highest BCUT2D eigenvalue weighted by Crippen LogP contribution is 2.21. The zero-order valence-corrected chi connectivity index (χ0v) is 16.1. The predicted molar refractivity (Wildman–Crippen MR) is 114 cm³/mol. The highest BCUT2D eigenvalue weighted by Gasteiger charge is 2.04. The Morgan fingerprint density at radius 1 is 0.533 bits per heavy atom. The molecule has 6 nitrogen and oxygen atoms in total. The summed E-state index contributed by atoms with van der Waals surface area (Å²) in [7, 11) is 0. The zero-order valence-electron chi connectivity index (χ0n) is 16.1. The summed E-state index contributed by atoms with van der Waals surface area (Å²) < 4.78 is 11.8. The molecular weight excluding hydrogens is 376 g/mol. The van der Waals surface area contributed by atoms with Crippen molar-refractivity contribution in [1.29, 1.82) is 0 Å². The van der Waals surface area contributed by atoms with Crippen LogP contribution in [0.2, 0.25) is 0 Å². The molecule has 0 unspecified atom stereocenters. The quantitative estimate of drug-likeness (QED) is 0.415. The molecule has 2 heterocycles. The van der Waals surface area contributed by atoms with E-state index in [-0.39, 0.29) is 0 Å². The largest absolute Gasteiger partial charge is 0.487 e. The maximum absolute atomic E-state index is 5.88. The third kappa shape index (κ3) is 4.03. The lowest BCUT2D eigenvalue weighted by molar-refractivity contribution is 0.285. The Morgan fingerprint density at radius 3 is 1.50 bits per heavy atom. The second-order valence-electron chi connectivity index (χ2n) is 6.75. The van der Waals surface area contributed by atoms with Crippen molar-refractivity contribution in [1.82, 2.24) is 19.9 Å². The average Bonchev–Trinajstić information content (AvgIpc) is 2.81. The Hall–Kier alpha value is -4.06. The first-order valence-corrected chi connectivity index (χ1v) is 9.60. The topological polar surface area (TPSA) is 70.0 Å². The third-order valence-corrected chi connectivity index (χ3v) is 4.58.